The quantitative estimate of drug-likeness (QED) is 0.422. The number of nitro groups is 1. The lowest BCUT2D eigenvalue weighted by Gasteiger charge is -2.14. The monoisotopic (exact) mass is 455 g/mol. The highest BCUT2D eigenvalue weighted by atomic mass is 32.2. The summed E-state index contributed by atoms with van der Waals surface area (Å²) in [4.78, 5) is 20.9. The van der Waals surface area contributed by atoms with Crippen molar-refractivity contribution >= 4 is 33.2 Å². The number of carbonyl (C=O) groups excluding carboxylic acids is 1. The Morgan fingerprint density at radius 2 is 1.58 bits per heavy atom. The molecule has 0 aliphatic heterocycles. The highest BCUT2D eigenvalue weighted by Crippen LogP contribution is 2.34. The van der Waals surface area contributed by atoms with Gasteiger partial charge in [-0.3, -0.25) is 19.6 Å². The smallest absolute Gasteiger partial charge is 0.395 e. The van der Waals surface area contributed by atoms with Crippen LogP contribution in [0, 0.1) is 10.1 Å². The van der Waals surface area contributed by atoms with E-state index in [0.29, 0.717) is 6.07 Å². The molecule has 0 radical (unpaired) electrons. The van der Waals surface area contributed by atoms with Gasteiger partial charge in [0.1, 0.15) is 4.92 Å². The number of anilines is 2. The fraction of sp³-hybridized carbons (Fsp3) is 0.0556. The Kier molecular flexibility index (Phi) is 5.71. The molecule has 0 aliphatic rings. The molecule has 0 saturated carbocycles. The number of nitrogens with zero attached hydrogens (tertiary/aromatic N) is 1. The van der Waals surface area contributed by atoms with E-state index >= 15 is 0 Å². The average molecular weight is 455 g/mol. The van der Waals surface area contributed by atoms with Crippen LogP contribution in [-0.4, -0.2) is 19.2 Å². The lowest BCUT2D eigenvalue weighted by molar-refractivity contribution is -0.402. The van der Waals surface area contributed by atoms with E-state index in [-0.39, 0.29) is 17.1 Å². The zero-order valence-electron chi connectivity index (χ0n) is 15.2. The molecular formula is C18H12F3N3O6S. The van der Waals surface area contributed by atoms with Crippen LogP contribution in [0.2, 0.25) is 0 Å². The van der Waals surface area contributed by atoms with Crippen LogP contribution in [0.25, 0.3) is 0 Å². The van der Waals surface area contributed by atoms with Crippen molar-refractivity contribution in [2.75, 3.05) is 10.0 Å². The Morgan fingerprint density at radius 3 is 2.16 bits per heavy atom. The minimum atomic E-state index is -4.86. The Bertz CT molecular complexity index is 1240. The van der Waals surface area contributed by atoms with E-state index in [2.05, 4.69) is 5.32 Å². The summed E-state index contributed by atoms with van der Waals surface area (Å²) in [5.74, 6) is -1.73. The number of nitrogens with one attached hydrogen (secondary N) is 2. The van der Waals surface area contributed by atoms with Crippen molar-refractivity contribution in [3.63, 3.8) is 0 Å². The van der Waals surface area contributed by atoms with Gasteiger partial charge in [-0.15, -0.1) is 0 Å². The van der Waals surface area contributed by atoms with Gasteiger partial charge in [0.25, 0.3) is 15.9 Å². The summed E-state index contributed by atoms with van der Waals surface area (Å²) in [6, 6.07) is 10.8. The molecule has 0 saturated heterocycles. The predicted molar refractivity (Wildman–Crippen MR) is 102 cm³/mol. The second kappa shape index (κ2) is 8.10. The van der Waals surface area contributed by atoms with E-state index in [9.17, 15) is 36.5 Å². The predicted octanol–water partition coefficient (Wildman–Crippen LogP) is 4.26. The first-order valence-electron chi connectivity index (χ1n) is 8.32. The van der Waals surface area contributed by atoms with Crippen LogP contribution in [0.15, 0.2) is 70.0 Å². The van der Waals surface area contributed by atoms with Crippen LogP contribution in [-0.2, 0) is 16.2 Å². The van der Waals surface area contributed by atoms with Crippen molar-refractivity contribution in [1.29, 1.82) is 0 Å². The highest BCUT2D eigenvalue weighted by Gasteiger charge is 2.36. The molecule has 0 unspecified atom stereocenters. The Labute approximate surface area is 172 Å². The lowest BCUT2D eigenvalue weighted by atomic mass is 10.2. The molecule has 31 heavy (non-hydrogen) atoms. The van der Waals surface area contributed by atoms with Crippen molar-refractivity contribution < 1.29 is 35.7 Å². The van der Waals surface area contributed by atoms with Crippen molar-refractivity contribution in [2.45, 2.75) is 11.1 Å². The lowest BCUT2D eigenvalue weighted by Crippen LogP contribution is -2.19. The van der Waals surface area contributed by atoms with Crippen LogP contribution in [0.5, 0.6) is 0 Å². The zero-order valence-corrected chi connectivity index (χ0v) is 16.0. The Balaban J connectivity index is 1.75. The summed E-state index contributed by atoms with van der Waals surface area (Å²) in [6.45, 7) is 0. The maximum absolute atomic E-state index is 13.1. The van der Waals surface area contributed by atoms with Gasteiger partial charge in [0, 0.05) is 11.4 Å². The van der Waals surface area contributed by atoms with Gasteiger partial charge in [-0.05, 0) is 42.5 Å². The summed E-state index contributed by atoms with van der Waals surface area (Å²) >= 11 is 0. The number of alkyl halides is 3. The Morgan fingerprint density at radius 1 is 0.968 bits per heavy atom. The molecule has 0 fully saturated rings. The molecule has 13 heteroatoms. The second-order valence-electron chi connectivity index (χ2n) is 6.03. The van der Waals surface area contributed by atoms with Crippen LogP contribution in [0.1, 0.15) is 16.1 Å². The fourth-order valence-corrected chi connectivity index (χ4v) is 3.79. The second-order valence-corrected chi connectivity index (χ2v) is 7.68. The Hall–Kier alpha value is -3.87. The molecule has 1 amide bonds. The maximum atomic E-state index is 13.1. The van der Waals surface area contributed by atoms with E-state index in [0.717, 1.165) is 24.3 Å². The largest absolute Gasteiger partial charge is 0.433 e. The van der Waals surface area contributed by atoms with E-state index in [1.165, 1.54) is 30.3 Å². The van der Waals surface area contributed by atoms with E-state index < -0.39 is 43.4 Å². The number of rotatable bonds is 6. The normalized spacial score (nSPS) is 11.7. The molecule has 1 aromatic heterocycles. The summed E-state index contributed by atoms with van der Waals surface area (Å²) in [5, 5.41) is 13.0. The zero-order chi connectivity index (χ0) is 22.8. The highest BCUT2D eigenvalue weighted by molar-refractivity contribution is 7.92. The van der Waals surface area contributed by atoms with Gasteiger partial charge in [-0.2, -0.15) is 13.2 Å². The number of halogens is 3. The first-order chi connectivity index (χ1) is 14.5. The molecule has 1 heterocycles. The first kappa shape index (κ1) is 21.8. The van der Waals surface area contributed by atoms with E-state index in [1.807, 2.05) is 4.72 Å². The number of hydrogen-bond acceptors (Lipinski definition) is 6. The molecule has 3 aromatic rings. The van der Waals surface area contributed by atoms with Crippen LogP contribution in [0.4, 0.5) is 30.4 Å². The van der Waals surface area contributed by atoms with Gasteiger partial charge in [-0.1, -0.05) is 12.1 Å². The molecule has 2 aromatic carbocycles. The van der Waals surface area contributed by atoms with Crippen molar-refractivity contribution in [3.05, 3.63) is 82.1 Å². The third-order valence-corrected chi connectivity index (χ3v) is 5.31. The minimum Gasteiger partial charge on any atom is -0.395 e. The van der Waals surface area contributed by atoms with Gasteiger partial charge in [-0.25, -0.2) is 8.42 Å². The third kappa shape index (κ3) is 5.01. The van der Waals surface area contributed by atoms with E-state index in [4.69, 9.17) is 4.42 Å². The molecule has 0 aliphatic carbocycles. The van der Waals surface area contributed by atoms with Gasteiger partial charge >= 0.3 is 12.1 Å². The number of amides is 1. The molecule has 3 rings (SSSR count). The van der Waals surface area contributed by atoms with Crippen molar-refractivity contribution in [2.24, 2.45) is 0 Å². The number of carbonyl (C=O) groups is 1. The topological polar surface area (TPSA) is 132 Å². The number of sulfonamides is 1. The van der Waals surface area contributed by atoms with Gasteiger partial charge in [0.2, 0.25) is 0 Å². The van der Waals surface area contributed by atoms with Gasteiger partial charge < -0.3 is 9.73 Å². The number of hydrogen-bond donors (Lipinski definition) is 2. The number of benzene rings is 2. The number of furan rings is 1. The van der Waals surface area contributed by atoms with Crippen LogP contribution >= 0.6 is 0 Å². The van der Waals surface area contributed by atoms with Crippen molar-refractivity contribution in [1.82, 2.24) is 0 Å². The molecule has 0 atom stereocenters. The average Bonchev–Trinajstić information content (AvgIpc) is 3.19. The molecule has 9 nitrogen and oxygen atoms in total. The maximum Gasteiger partial charge on any atom is 0.433 e. The summed E-state index contributed by atoms with van der Waals surface area (Å²) < 4.78 is 71.0. The van der Waals surface area contributed by atoms with Crippen LogP contribution in [0.3, 0.4) is 0 Å². The standard InChI is InChI=1S/C18H12F3N3O6S/c19-18(20,21)13-3-1-2-4-15(13)31(28,29)23-12-7-5-11(6-8-12)22-17(25)14-9-10-16(30-14)24(26)27/h1-10,23H,(H,22,25). The van der Waals surface area contributed by atoms with E-state index in [1.54, 1.807) is 0 Å². The first-order valence-corrected chi connectivity index (χ1v) is 9.80. The minimum absolute atomic E-state index is 0.0522. The molecule has 0 spiro atoms. The SMILES string of the molecule is O=C(Nc1ccc(NS(=O)(=O)c2ccccc2C(F)(F)F)cc1)c1ccc([N+](=O)[O-])o1. The molecular weight excluding hydrogens is 443 g/mol. The van der Waals surface area contributed by atoms with Gasteiger partial charge in [0.05, 0.1) is 16.5 Å². The van der Waals surface area contributed by atoms with Crippen molar-refractivity contribution in [3.8, 4) is 0 Å². The third-order valence-electron chi connectivity index (χ3n) is 3.87. The van der Waals surface area contributed by atoms with Crippen LogP contribution < -0.4 is 10.0 Å². The molecule has 162 valence electrons. The van der Waals surface area contributed by atoms with Gasteiger partial charge in [0.15, 0.2) is 5.76 Å². The summed E-state index contributed by atoms with van der Waals surface area (Å²) in [5.41, 5.74) is -1.18. The summed E-state index contributed by atoms with van der Waals surface area (Å²) in [6.07, 6.45) is -4.86. The fourth-order valence-electron chi connectivity index (χ4n) is 2.51. The molecule has 2 N–H and O–H groups in total. The summed E-state index contributed by atoms with van der Waals surface area (Å²) in [7, 11) is -4.55. The molecule has 0 bridgehead atoms.